The molecule has 3 aromatic heterocycles. The van der Waals surface area contributed by atoms with Gasteiger partial charge >= 0.3 is 6.03 Å². The first kappa shape index (κ1) is 26.7. The first-order valence-corrected chi connectivity index (χ1v) is 14.6. The summed E-state index contributed by atoms with van der Waals surface area (Å²) in [6.07, 6.45) is 7.21. The Kier molecular flexibility index (Phi) is 7.27. The maximum absolute atomic E-state index is 13.6. The van der Waals surface area contributed by atoms with Gasteiger partial charge in [0.15, 0.2) is 0 Å². The number of amides is 4. The van der Waals surface area contributed by atoms with Crippen LogP contribution in [-0.4, -0.2) is 39.9 Å². The van der Waals surface area contributed by atoms with E-state index in [0.29, 0.717) is 50.2 Å². The molecule has 4 amide bonds. The molecule has 1 aliphatic carbocycles. The molecule has 0 radical (unpaired) electrons. The van der Waals surface area contributed by atoms with E-state index in [2.05, 4.69) is 25.9 Å². The molecule has 41 heavy (non-hydrogen) atoms. The number of pyridine rings is 2. The number of carbonyl (C=O) groups excluding carboxylic acids is 3. The number of rotatable bonds is 7. The van der Waals surface area contributed by atoms with E-state index < -0.39 is 6.03 Å². The molecule has 210 valence electrons. The lowest BCUT2D eigenvalue weighted by Crippen LogP contribution is -2.53. The number of ether oxygens (including phenoxy) is 1. The summed E-state index contributed by atoms with van der Waals surface area (Å²) in [6, 6.07) is 12.2. The van der Waals surface area contributed by atoms with E-state index in [1.54, 1.807) is 29.4 Å². The zero-order valence-corrected chi connectivity index (χ0v) is 23.6. The third-order valence-corrected chi connectivity index (χ3v) is 8.56. The second-order valence-corrected chi connectivity index (χ2v) is 11.2. The number of benzene rings is 1. The molecule has 0 saturated heterocycles. The first-order valence-electron chi connectivity index (χ1n) is 13.7. The molecule has 2 atom stereocenters. The van der Waals surface area contributed by atoms with Crippen molar-refractivity contribution < 1.29 is 19.1 Å². The number of carbonyl (C=O) groups is 3. The summed E-state index contributed by atoms with van der Waals surface area (Å²) in [4.78, 5) is 50.7. The summed E-state index contributed by atoms with van der Waals surface area (Å²) in [5, 5.41) is 9.82. The van der Waals surface area contributed by atoms with Crippen LogP contribution in [0.5, 0.6) is 11.6 Å². The van der Waals surface area contributed by atoms with E-state index in [-0.39, 0.29) is 23.9 Å². The molecular formula is C30H30N6O4S. The molecule has 3 N–H and O–H groups in total. The van der Waals surface area contributed by atoms with Crippen LogP contribution in [0.15, 0.2) is 54.9 Å². The van der Waals surface area contributed by atoms with Gasteiger partial charge in [-0.15, -0.1) is 11.3 Å². The van der Waals surface area contributed by atoms with Crippen molar-refractivity contribution in [3.05, 3.63) is 65.3 Å². The lowest BCUT2D eigenvalue weighted by atomic mass is 9.90. The fourth-order valence-electron chi connectivity index (χ4n) is 5.42. The van der Waals surface area contributed by atoms with Crippen LogP contribution in [0.4, 0.5) is 21.9 Å². The van der Waals surface area contributed by atoms with E-state index >= 15 is 0 Å². The minimum Gasteiger partial charge on any atom is -0.439 e. The van der Waals surface area contributed by atoms with Crippen molar-refractivity contribution in [3.8, 4) is 11.6 Å². The highest BCUT2D eigenvalue weighted by Crippen LogP contribution is 2.46. The smallest absolute Gasteiger partial charge is 0.331 e. The van der Waals surface area contributed by atoms with Crippen LogP contribution < -0.4 is 25.6 Å². The van der Waals surface area contributed by atoms with Crippen LogP contribution in [0.2, 0.25) is 0 Å². The number of para-hydroxylation sites is 1. The van der Waals surface area contributed by atoms with Crippen molar-refractivity contribution in [1.29, 1.82) is 0 Å². The molecule has 0 unspecified atom stereocenters. The fourth-order valence-corrected chi connectivity index (χ4v) is 6.45. The molecular weight excluding hydrogens is 540 g/mol. The van der Waals surface area contributed by atoms with E-state index in [1.165, 1.54) is 11.3 Å². The van der Waals surface area contributed by atoms with Crippen molar-refractivity contribution in [1.82, 2.24) is 20.6 Å². The molecule has 4 aromatic rings. The van der Waals surface area contributed by atoms with E-state index in [0.717, 1.165) is 31.2 Å². The van der Waals surface area contributed by atoms with Gasteiger partial charge in [0.05, 0.1) is 28.6 Å². The molecule has 1 aromatic carbocycles. The lowest BCUT2D eigenvalue weighted by Gasteiger charge is -2.33. The van der Waals surface area contributed by atoms with Gasteiger partial charge in [-0.05, 0) is 43.5 Å². The number of anilines is 3. The quantitative estimate of drug-likeness (QED) is 0.249. The largest absolute Gasteiger partial charge is 0.439 e. The van der Waals surface area contributed by atoms with Crippen LogP contribution in [0.1, 0.15) is 54.3 Å². The number of aryl methyl sites for hydroxylation is 1. The third-order valence-electron chi connectivity index (χ3n) is 7.47. The topological polar surface area (TPSA) is 126 Å². The van der Waals surface area contributed by atoms with E-state index in [1.807, 2.05) is 44.2 Å². The SMILES string of the molecule is CCC(=O)N[C@H]1CCCC[C@H]1NC(=O)c1sc2nccc3c2c1NC(=O)N3c1cnc(Oc2ccccc2)cc1C. The number of hydrogen-bond donors (Lipinski definition) is 3. The predicted octanol–water partition coefficient (Wildman–Crippen LogP) is 6.04. The van der Waals surface area contributed by atoms with Gasteiger partial charge in [-0.25, -0.2) is 14.8 Å². The highest BCUT2D eigenvalue weighted by molar-refractivity contribution is 7.21. The number of nitrogens with zero attached hydrogens (tertiary/aromatic N) is 3. The number of thiophene rings is 1. The molecule has 0 bridgehead atoms. The van der Waals surface area contributed by atoms with Crippen LogP contribution in [-0.2, 0) is 4.79 Å². The number of urea groups is 1. The third kappa shape index (κ3) is 5.20. The molecule has 11 heteroatoms. The molecule has 10 nitrogen and oxygen atoms in total. The molecule has 2 aliphatic rings. The van der Waals surface area contributed by atoms with Crippen molar-refractivity contribution in [3.63, 3.8) is 0 Å². The Morgan fingerprint density at radius 1 is 1.07 bits per heavy atom. The zero-order valence-electron chi connectivity index (χ0n) is 22.8. The van der Waals surface area contributed by atoms with Gasteiger partial charge in [-0.2, -0.15) is 0 Å². The highest BCUT2D eigenvalue weighted by atomic mass is 32.1. The maximum atomic E-state index is 13.6. The summed E-state index contributed by atoms with van der Waals surface area (Å²) in [5.74, 6) is 0.769. The summed E-state index contributed by atoms with van der Waals surface area (Å²) in [6.45, 7) is 3.70. The van der Waals surface area contributed by atoms with Gasteiger partial charge < -0.3 is 20.7 Å². The van der Waals surface area contributed by atoms with Crippen molar-refractivity contribution in [2.45, 2.75) is 58.0 Å². The maximum Gasteiger partial charge on any atom is 0.331 e. The predicted molar refractivity (Wildman–Crippen MR) is 158 cm³/mol. The second-order valence-electron chi connectivity index (χ2n) is 10.2. The van der Waals surface area contributed by atoms with Crippen LogP contribution in [0.25, 0.3) is 10.2 Å². The molecule has 1 fully saturated rings. The Balaban J connectivity index is 1.30. The Labute approximate surface area is 241 Å². The summed E-state index contributed by atoms with van der Waals surface area (Å²) in [5.41, 5.74) is 2.46. The number of nitrogens with one attached hydrogen (secondary N) is 3. The van der Waals surface area contributed by atoms with Crippen molar-refractivity contribution in [2.24, 2.45) is 0 Å². The van der Waals surface area contributed by atoms with Crippen LogP contribution in [0.3, 0.4) is 0 Å². The molecule has 6 rings (SSSR count). The van der Waals surface area contributed by atoms with Gasteiger partial charge in [-0.3, -0.25) is 14.5 Å². The first-order chi connectivity index (χ1) is 19.9. The van der Waals surface area contributed by atoms with Gasteiger partial charge in [0, 0.05) is 30.8 Å². The average molecular weight is 571 g/mol. The average Bonchev–Trinajstić information content (AvgIpc) is 3.35. The Morgan fingerprint density at radius 2 is 1.83 bits per heavy atom. The Hall–Kier alpha value is -4.51. The highest BCUT2D eigenvalue weighted by Gasteiger charge is 2.35. The lowest BCUT2D eigenvalue weighted by molar-refractivity contribution is -0.121. The van der Waals surface area contributed by atoms with Crippen molar-refractivity contribution in [2.75, 3.05) is 10.2 Å². The molecule has 1 saturated carbocycles. The van der Waals surface area contributed by atoms with Gasteiger partial charge in [0.25, 0.3) is 5.91 Å². The van der Waals surface area contributed by atoms with Gasteiger partial charge in [0.2, 0.25) is 11.8 Å². The fraction of sp³-hybridized carbons (Fsp3) is 0.300. The van der Waals surface area contributed by atoms with Gasteiger partial charge in [0.1, 0.15) is 15.5 Å². The van der Waals surface area contributed by atoms with Gasteiger partial charge in [-0.1, -0.05) is 38.0 Å². The zero-order chi connectivity index (χ0) is 28.5. The molecule has 1 aliphatic heterocycles. The second kappa shape index (κ2) is 11.2. The Bertz CT molecular complexity index is 1640. The van der Waals surface area contributed by atoms with Crippen LogP contribution in [0, 0.1) is 6.92 Å². The van der Waals surface area contributed by atoms with Crippen molar-refractivity contribution >= 4 is 56.5 Å². The minimum absolute atomic E-state index is 0.0289. The summed E-state index contributed by atoms with van der Waals surface area (Å²) >= 11 is 1.24. The monoisotopic (exact) mass is 570 g/mol. The molecule has 0 spiro atoms. The number of hydrogen-bond acceptors (Lipinski definition) is 7. The number of aromatic nitrogens is 2. The standard InChI is InChI=1S/C30H30N6O4S/c1-3-23(37)33-19-11-7-8-12-20(19)34-28(38)27-26-25-21(13-14-31-29(25)41-27)36(30(39)35-26)22-16-32-24(15-17(22)2)40-18-9-5-4-6-10-18/h4-6,9-10,13-16,19-20H,3,7-8,11-12H2,1-2H3,(H,33,37)(H,34,38)(H,35,39)/t19-,20+/m0/s1. The minimum atomic E-state index is -0.398. The van der Waals surface area contributed by atoms with E-state index in [9.17, 15) is 14.4 Å². The normalized spacial score (nSPS) is 18.1. The van der Waals surface area contributed by atoms with E-state index in [4.69, 9.17) is 4.74 Å². The Morgan fingerprint density at radius 3 is 2.56 bits per heavy atom. The molecule has 4 heterocycles. The van der Waals surface area contributed by atoms with Crippen LogP contribution >= 0.6 is 11.3 Å². The summed E-state index contributed by atoms with van der Waals surface area (Å²) in [7, 11) is 0. The summed E-state index contributed by atoms with van der Waals surface area (Å²) < 4.78 is 5.86.